The molecule has 118 valence electrons. The zero-order valence-corrected chi connectivity index (χ0v) is 13.2. The first-order valence-electron chi connectivity index (χ1n) is 6.88. The van der Waals surface area contributed by atoms with Crippen LogP contribution in [0, 0.1) is 5.82 Å². The lowest BCUT2D eigenvalue weighted by Gasteiger charge is -2.21. The molecule has 0 radical (unpaired) electrons. The second kappa shape index (κ2) is 9.63. The molecule has 6 heteroatoms. The van der Waals surface area contributed by atoms with Gasteiger partial charge in [0.05, 0.1) is 13.2 Å². The summed E-state index contributed by atoms with van der Waals surface area (Å²) in [6, 6.07) is 5.71. The zero-order chi connectivity index (χ0) is 15.7. The molecule has 0 aromatic heterocycles. The topological polar surface area (TPSA) is 58.6 Å². The molecule has 0 spiro atoms. The first-order valence-corrected chi connectivity index (χ1v) is 8.17. The van der Waals surface area contributed by atoms with Crippen molar-refractivity contribution < 1.29 is 19.0 Å². The highest BCUT2D eigenvalue weighted by Crippen LogP contribution is 2.12. The average Bonchev–Trinajstić information content (AvgIpc) is 2.46. The molecule has 4 nitrogen and oxygen atoms in total. The molecule has 1 rings (SSSR count). The van der Waals surface area contributed by atoms with E-state index in [1.54, 1.807) is 12.1 Å². The van der Waals surface area contributed by atoms with Gasteiger partial charge in [-0.2, -0.15) is 11.8 Å². The monoisotopic (exact) mass is 315 g/mol. The molecule has 0 aliphatic carbocycles. The van der Waals surface area contributed by atoms with Crippen LogP contribution in [-0.4, -0.2) is 41.8 Å². The first kappa shape index (κ1) is 17.8. The van der Waals surface area contributed by atoms with Crippen LogP contribution < -0.4 is 10.1 Å². The summed E-state index contributed by atoms with van der Waals surface area (Å²) < 4.78 is 18.1. The van der Waals surface area contributed by atoms with Crippen LogP contribution in [-0.2, 0) is 4.79 Å². The van der Waals surface area contributed by atoms with Gasteiger partial charge in [0, 0.05) is 17.7 Å². The van der Waals surface area contributed by atoms with E-state index in [4.69, 9.17) is 9.84 Å². The van der Waals surface area contributed by atoms with Crippen LogP contribution in [0.5, 0.6) is 5.75 Å². The standard InChI is InChI=1S/C15H22FNO3S/c1-11(14(10-18)21-2)17-15(19)4-3-9-20-13-7-5-12(16)6-8-13/h5-8,11,14,18H,3-4,9-10H2,1-2H3,(H,17,19). The van der Waals surface area contributed by atoms with Crippen molar-refractivity contribution in [2.24, 2.45) is 0 Å². The van der Waals surface area contributed by atoms with E-state index in [-0.39, 0.29) is 29.6 Å². The Morgan fingerprint density at radius 2 is 2.10 bits per heavy atom. The van der Waals surface area contributed by atoms with E-state index in [9.17, 15) is 9.18 Å². The third kappa shape index (κ3) is 6.82. The van der Waals surface area contributed by atoms with E-state index in [0.717, 1.165) is 0 Å². The summed E-state index contributed by atoms with van der Waals surface area (Å²) in [5.74, 6) is 0.230. The predicted molar refractivity (Wildman–Crippen MR) is 83.1 cm³/mol. The third-order valence-corrected chi connectivity index (χ3v) is 4.22. The summed E-state index contributed by atoms with van der Waals surface area (Å²) in [5, 5.41) is 12.0. The Morgan fingerprint density at radius 3 is 2.67 bits per heavy atom. The SMILES string of the molecule is CSC(CO)C(C)NC(=O)CCCOc1ccc(F)cc1. The van der Waals surface area contributed by atoms with Crippen molar-refractivity contribution in [2.45, 2.75) is 31.1 Å². The van der Waals surface area contributed by atoms with Crippen LogP contribution in [0.15, 0.2) is 24.3 Å². The molecule has 2 unspecified atom stereocenters. The number of aliphatic hydroxyl groups is 1. The number of thioether (sulfide) groups is 1. The number of halogens is 1. The number of nitrogens with one attached hydrogen (secondary N) is 1. The molecule has 0 fully saturated rings. The summed E-state index contributed by atoms with van der Waals surface area (Å²) >= 11 is 1.53. The van der Waals surface area contributed by atoms with E-state index >= 15 is 0 Å². The van der Waals surface area contributed by atoms with Crippen LogP contribution in [0.3, 0.4) is 0 Å². The van der Waals surface area contributed by atoms with Gasteiger partial charge in [-0.25, -0.2) is 4.39 Å². The number of rotatable bonds is 9. The fraction of sp³-hybridized carbons (Fsp3) is 0.533. The Labute approximate surface area is 129 Å². The Bertz CT molecular complexity index is 423. The van der Waals surface area contributed by atoms with Crippen LogP contribution >= 0.6 is 11.8 Å². The summed E-state index contributed by atoms with van der Waals surface area (Å²) in [6.45, 7) is 2.32. The van der Waals surface area contributed by atoms with Crippen LogP contribution in [0.4, 0.5) is 4.39 Å². The number of ether oxygens (including phenoxy) is 1. The molecule has 0 heterocycles. The third-order valence-electron chi connectivity index (χ3n) is 3.06. The minimum Gasteiger partial charge on any atom is -0.494 e. The average molecular weight is 315 g/mol. The van der Waals surface area contributed by atoms with Gasteiger partial charge < -0.3 is 15.2 Å². The largest absolute Gasteiger partial charge is 0.494 e. The molecule has 0 aliphatic rings. The number of aliphatic hydroxyl groups excluding tert-OH is 1. The molecule has 21 heavy (non-hydrogen) atoms. The number of hydrogen-bond donors (Lipinski definition) is 2. The Balaban J connectivity index is 2.20. The first-order chi connectivity index (χ1) is 10.1. The van der Waals surface area contributed by atoms with Gasteiger partial charge >= 0.3 is 0 Å². The summed E-state index contributed by atoms with van der Waals surface area (Å²) in [4.78, 5) is 11.7. The molecule has 2 atom stereocenters. The second-order valence-electron chi connectivity index (χ2n) is 4.72. The van der Waals surface area contributed by atoms with Gasteiger partial charge in [0.1, 0.15) is 11.6 Å². The van der Waals surface area contributed by atoms with E-state index in [1.807, 2.05) is 13.2 Å². The van der Waals surface area contributed by atoms with E-state index in [2.05, 4.69) is 5.32 Å². The van der Waals surface area contributed by atoms with Crippen molar-refractivity contribution in [3.63, 3.8) is 0 Å². The number of benzene rings is 1. The maximum Gasteiger partial charge on any atom is 0.220 e. The Morgan fingerprint density at radius 1 is 1.43 bits per heavy atom. The quantitative estimate of drug-likeness (QED) is 0.686. The van der Waals surface area contributed by atoms with Crippen molar-refractivity contribution in [1.82, 2.24) is 5.32 Å². The van der Waals surface area contributed by atoms with Crippen LogP contribution in [0.1, 0.15) is 19.8 Å². The molecule has 1 amide bonds. The normalized spacial score (nSPS) is 13.5. The number of carbonyl (C=O) groups excluding carboxylic acids is 1. The van der Waals surface area contributed by atoms with Gasteiger partial charge in [-0.15, -0.1) is 0 Å². The van der Waals surface area contributed by atoms with Crippen molar-refractivity contribution in [2.75, 3.05) is 19.5 Å². The van der Waals surface area contributed by atoms with Gasteiger partial charge in [-0.05, 0) is 43.9 Å². The molecule has 1 aromatic rings. The molecular weight excluding hydrogens is 293 g/mol. The Kier molecular flexibility index (Phi) is 8.15. The Hall–Kier alpha value is -1.27. The molecule has 0 bridgehead atoms. The van der Waals surface area contributed by atoms with Gasteiger partial charge in [-0.1, -0.05) is 0 Å². The lowest BCUT2D eigenvalue weighted by molar-refractivity contribution is -0.121. The van der Waals surface area contributed by atoms with Crippen molar-refractivity contribution in [3.8, 4) is 5.75 Å². The molecule has 2 N–H and O–H groups in total. The molecule has 1 aromatic carbocycles. The van der Waals surface area contributed by atoms with Crippen molar-refractivity contribution in [3.05, 3.63) is 30.1 Å². The van der Waals surface area contributed by atoms with Crippen LogP contribution in [0.25, 0.3) is 0 Å². The molecular formula is C15H22FNO3S. The molecule has 0 aliphatic heterocycles. The maximum atomic E-state index is 12.7. The summed E-state index contributed by atoms with van der Waals surface area (Å²) in [6.07, 6.45) is 2.84. The molecule has 0 saturated carbocycles. The summed E-state index contributed by atoms with van der Waals surface area (Å²) in [5.41, 5.74) is 0. The zero-order valence-electron chi connectivity index (χ0n) is 12.3. The highest BCUT2D eigenvalue weighted by molar-refractivity contribution is 7.99. The number of amides is 1. The fourth-order valence-electron chi connectivity index (χ4n) is 1.81. The van der Waals surface area contributed by atoms with E-state index < -0.39 is 0 Å². The smallest absolute Gasteiger partial charge is 0.220 e. The van der Waals surface area contributed by atoms with Crippen molar-refractivity contribution in [1.29, 1.82) is 0 Å². The maximum absolute atomic E-state index is 12.7. The summed E-state index contributed by atoms with van der Waals surface area (Å²) in [7, 11) is 0. The minimum absolute atomic E-state index is 0.00409. The van der Waals surface area contributed by atoms with E-state index in [1.165, 1.54) is 23.9 Å². The van der Waals surface area contributed by atoms with Crippen LogP contribution in [0.2, 0.25) is 0 Å². The van der Waals surface area contributed by atoms with E-state index in [0.29, 0.717) is 25.2 Å². The highest BCUT2D eigenvalue weighted by atomic mass is 32.2. The lowest BCUT2D eigenvalue weighted by atomic mass is 10.2. The van der Waals surface area contributed by atoms with Gasteiger partial charge in [0.15, 0.2) is 0 Å². The highest BCUT2D eigenvalue weighted by Gasteiger charge is 2.16. The second-order valence-corrected chi connectivity index (χ2v) is 5.80. The molecule has 0 saturated heterocycles. The van der Waals surface area contributed by atoms with Gasteiger partial charge in [0.25, 0.3) is 0 Å². The van der Waals surface area contributed by atoms with Gasteiger partial charge in [0.2, 0.25) is 5.91 Å². The fourth-order valence-corrected chi connectivity index (χ4v) is 2.43. The lowest BCUT2D eigenvalue weighted by Crippen LogP contribution is -2.41. The minimum atomic E-state index is -0.303. The van der Waals surface area contributed by atoms with Crippen molar-refractivity contribution >= 4 is 17.7 Å². The van der Waals surface area contributed by atoms with Gasteiger partial charge in [-0.3, -0.25) is 4.79 Å². The number of hydrogen-bond acceptors (Lipinski definition) is 4. The predicted octanol–water partition coefficient (Wildman–Crippen LogP) is 2.21. The number of carbonyl (C=O) groups is 1.